The smallest absolute Gasteiger partial charge is 0.325 e. The molecule has 0 N–H and O–H groups in total. The van der Waals surface area contributed by atoms with Crippen molar-refractivity contribution in [3.63, 3.8) is 0 Å². The van der Waals surface area contributed by atoms with E-state index >= 15 is 0 Å². The Bertz CT molecular complexity index is 236. The van der Waals surface area contributed by atoms with Crippen LogP contribution in [0.5, 0.6) is 0 Å². The Morgan fingerprint density at radius 1 is 1.19 bits per heavy atom. The van der Waals surface area contributed by atoms with Crippen molar-refractivity contribution in [1.29, 1.82) is 0 Å². The minimum absolute atomic E-state index is 0.0223. The average Bonchev–Trinajstić information content (AvgIpc) is 2.21. The van der Waals surface area contributed by atoms with Crippen LogP contribution in [0.2, 0.25) is 0 Å². The van der Waals surface area contributed by atoms with Crippen LogP contribution in [0.1, 0.15) is 40.5 Å². The van der Waals surface area contributed by atoms with Gasteiger partial charge in [0, 0.05) is 12.5 Å². The highest BCUT2D eigenvalue weighted by atomic mass is 16.5. The molecule has 0 aromatic rings. The highest BCUT2D eigenvalue weighted by molar-refractivity contribution is 5.82. The lowest BCUT2D eigenvalue weighted by molar-refractivity contribution is -0.148. The number of hydrogen-bond donors (Lipinski definition) is 0. The number of hydrogen-bond acceptors (Lipinski definition) is 3. The van der Waals surface area contributed by atoms with Crippen molar-refractivity contribution >= 4 is 11.9 Å². The van der Waals surface area contributed by atoms with Gasteiger partial charge in [-0.1, -0.05) is 13.8 Å². The minimum atomic E-state index is -0.369. The van der Waals surface area contributed by atoms with E-state index in [1.54, 1.807) is 4.90 Å². The number of methoxy groups -OCH3 is 1. The third kappa shape index (κ3) is 5.73. The van der Waals surface area contributed by atoms with Gasteiger partial charge in [-0.25, -0.2) is 0 Å². The van der Waals surface area contributed by atoms with Gasteiger partial charge < -0.3 is 9.64 Å². The van der Waals surface area contributed by atoms with Gasteiger partial charge in [0.25, 0.3) is 0 Å². The van der Waals surface area contributed by atoms with Crippen LogP contribution in [-0.4, -0.2) is 36.5 Å². The molecule has 0 aromatic carbocycles. The highest BCUT2D eigenvalue weighted by Crippen LogP contribution is 2.09. The molecule has 0 aromatic heterocycles. The van der Waals surface area contributed by atoms with Gasteiger partial charge in [-0.2, -0.15) is 0 Å². The standard InChI is InChI=1S/C12H23NO3/c1-9(2)6-7-11(14)13(10(3)4)8-12(15)16-5/h9-10H,6-8H2,1-5H3. The highest BCUT2D eigenvalue weighted by Gasteiger charge is 2.20. The second kappa shape index (κ2) is 7.25. The lowest BCUT2D eigenvalue weighted by Crippen LogP contribution is -2.41. The van der Waals surface area contributed by atoms with E-state index in [0.717, 1.165) is 6.42 Å². The van der Waals surface area contributed by atoms with E-state index in [1.807, 2.05) is 13.8 Å². The van der Waals surface area contributed by atoms with Gasteiger partial charge in [-0.3, -0.25) is 9.59 Å². The summed E-state index contributed by atoms with van der Waals surface area (Å²) in [6.07, 6.45) is 1.34. The summed E-state index contributed by atoms with van der Waals surface area (Å²) >= 11 is 0. The number of ether oxygens (including phenoxy) is 1. The summed E-state index contributed by atoms with van der Waals surface area (Å²) in [5.74, 6) is 0.150. The molecule has 94 valence electrons. The molecular formula is C12H23NO3. The van der Waals surface area contributed by atoms with Crippen LogP contribution < -0.4 is 0 Å². The van der Waals surface area contributed by atoms with E-state index in [0.29, 0.717) is 12.3 Å². The van der Waals surface area contributed by atoms with E-state index in [-0.39, 0.29) is 24.5 Å². The first-order valence-electron chi connectivity index (χ1n) is 5.74. The monoisotopic (exact) mass is 229 g/mol. The van der Waals surface area contributed by atoms with Gasteiger partial charge >= 0.3 is 5.97 Å². The maximum absolute atomic E-state index is 11.9. The molecule has 0 heterocycles. The SMILES string of the molecule is COC(=O)CN(C(=O)CCC(C)C)C(C)C. The Labute approximate surface area is 98.0 Å². The molecule has 1 amide bonds. The van der Waals surface area contributed by atoms with Crippen LogP contribution in [0, 0.1) is 5.92 Å². The topological polar surface area (TPSA) is 46.6 Å². The summed E-state index contributed by atoms with van der Waals surface area (Å²) in [6, 6.07) is 0.0266. The van der Waals surface area contributed by atoms with Crippen LogP contribution in [-0.2, 0) is 14.3 Å². The van der Waals surface area contributed by atoms with Crippen molar-refractivity contribution in [1.82, 2.24) is 4.90 Å². The van der Waals surface area contributed by atoms with Crippen molar-refractivity contribution in [2.24, 2.45) is 5.92 Å². The molecule has 0 radical (unpaired) electrons. The first kappa shape index (κ1) is 14.9. The minimum Gasteiger partial charge on any atom is -0.468 e. The molecule has 0 aliphatic carbocycles. The third-order valence-corrected chi connectivity index (χ3v) is 2.41. The summed E-state index contributed by atoms with van der Waals surface area (Å²) in [4.78, 5) is 24.6. The van der Waals surface area contributed by atoms with Crippen LogP contribution in [0.3, 0.4) is 0 Å². The van der Waals surface area contributed by atoms with Crippen LogP contribution in [0.4, 0.5) is 0 Å². The van der Waals surface area contributed by atoms with Gasteiger partial charge in [-0.05, 0) is 26.2 Å². The Balaban J connectivity index is 4.30. The molecule has 16 heavy (non-hydrogen) atoms. The van der Waals surface area contributed by atoms with Crippen molar-refractivity contribution in [2.75, 3.05) is 13.7 Å². The first-order chi connectivity index (χ1) is 7.38. The van der Waals surface area contributed by atoms with E-state index in [4.69, 9.17) is 0 Å². The summed E-state index contributed by atoms with van der Waals surface area (Å²) in [5, 5.41) is 0. The molecular weight excluding hydrogens is 206 g/mol. The summed E-state index contributed by atoms with van der Waals surface area (Å²) in [5.41, 5.74) is 0. The Kier molecular flexibility index (Phi) is 6.77. The predicted molar refractivity (Wildman–Crippen MR) is 62.9 cm³/mol. The van der Waals surface area contributed by atoms with E-state index < -0.39 is 0 Å². The zero-order valence-electron chi connectivity index (χ0n) is 10.9. The number of rotatable bonds is 6. The molecule has 0 atom stereocenters. The third-order valence-electron chi connectivity index (χ3n) is 2.41. The fraction of sp³-hybridized carbons (Fsp3) is 0.833. The second-order valence-corrected chi connectivity index (χ2v) is 4.62. The number of carbonyl (C=O) groups excluding carboxylic acids is 2. The molecule has 0 aliphatic rings. The number of nitrogens with zero attached hydrogens (tertiary/aromatic N) is 1. The fourth-order valence-corrected chi connectivity index (χ4v) is 1.32. The molecule has 0 aliphatic heterocycles. The number of esters is 1. The maximum atomic E-state index is 11.9. The lowest BCUT2D eigenvalue weighted by atomic mass is 10.1. The molecule has 0 bridgehead atoms. The number of amides is 1. The maximum Gasteiger partial charge on any atom is 0.325 e. The fourth-order valence-electron chi connectivity index (χ4n) is 1.32. The van der Waals surface area contributed by atoms with E-state index in [1.165, 1.54) is 7.11 Å². The Morgan fingerprint density at radius 3 is 2.12 bits per heavy atom. The molecule has 0 unspecified atom stereocenters. The van der Waals surface area contributed by atoms with Gasteiger partial charge in [0.15, 0.2) is 0 Å². The first-order valence-corrected chi connectivity index (χ1v) is 5.74. The summed E-state index contributed by atoms with van der Waals surface area (Å²) < 4.78 is 4.57. The quantitative estimate of drug-likeness (QED) is 0.653. The van der Waals surface area contributed by atoms with Crippen molar-refractivity contribution < 1.29 is 14.3 Å². The molecule has 0 fully saturated rings. The Morgan fingerprint density at radius 2 is 1.75 bits per heavy atom. The van der Waals surface area contributed by atoms with Gasteiger partial charge in [0.2, 0.25) is 5.91 Å². The van der Waals surface area contributed by atoms with E-state index in [2.05, 4.69) is 18.6 Å². The van der Waals surface area contributed by atoms with Gasteiger partial charge in [0.1, 0.15) is 6.54 Å². The Hall–Kier alpha value is -1.06. The molecule has 0 saturated heterocycles. The molecule has 4 nitrogen and oxygen atoms in total. The van der Waals surface area contributed by atoms with Crippen LogP contribution in [0.25, 0.3) is 0 Å². The van der Waals surface area contributed by atoms with Gasteiger partial charge in [0.05, 0.1) is 7.11 Å². The molecule has 0 saturated carbocycles. The second-order valence-electron chi connectivity index (χ2n) is 4.62. The van der Waals surface area contributed by atoms with Crippen molar-refractivity contribution in [3.05, 3.63) is 0 Å². The van der Waals surface area contributed by atoms with Crippen molar-refractivity contribution in [2.45, 2.75) is 46.6 Å². The summed E-state index contributed by atoms with van der Waals surface area (Å²) in [6.45, 7) is 8.00. The normalized spacial score (nSPS) is 10.7. The zero-order chi connectivity index (χ0) is 12.7. The van der Waals surface area contributed by atoms with Crippen LogP contribution in [0.15, 0.2) is 0 Å². The average molecular weight is 229 g/mol. The molecule has 0 spiro atoms. The predicted octanol–water partition coefficient (Wildman–Crippen LogP) is 1.83. The zero-order valence-corrected chi connectivity index (χ0v) is 10.9. The number of carbonyl (C=O) groups is 2. The van der Waals surface area contributed by atoms with Crippen LogP contribution >= 0.6 is 0 Å². The van der Waals surface area contributed by atoms with Gasteiger partial charge in [-0.15, -0.1) is 0 Å². The molecule has 4 heteroatoms. The van der Waals surface area contributed by atoms with E-state index in [9.17, 15) is 9.59 Å². The molecule has 0 rings (SSSR count). The largest absolute Gasteiger partial charge is 0.468 e. The lowest BCUT2D eigenvalue weighted by Gasteiger charge is -2.25. The summed E-state index contributed by atoms with van der Waals surface area (Å²) in [7, 11) is 1.33. The van der Waals surface area contributed by atoms with Crippen molar-refractivity contribution in [3.8, 4) is 0 Å².